The minimum atomic E-state index is -1.98. The van der Waals surface area contributed by atoms with E-state index >= 15 is 0 Å². The number of nitrogens with one attached hydrogen (secondary N) is 1. The summed E-state index contributed by atoms with van der Waals surface area (Å²) in [6, 6.07) is 0.401. The average molecular weight is 239 g/mol. The van der Waals surface area contributed by atoms with E-state index in [1.807, 2.05) is 7.05 Å². The maximum absolute atomic E-state index is 10.5. The number of rotatable bonds is 4. The van der Waals surface area contributed by atoms with E-state index in [9.17, 15) is 4.21 Å². The summed E-state index contributed by atoms with van der Waals surface area (Å²) in [5.74, 6) is 0. The van der Waals surface area contributed by atoms with Crippen LogP contribution in [-0.2, 0) is 11.3 Å². The molecule has 0 saturated carbocycles. The standard InChI is InChI=1S/C7H17N3O2S2/c1-9-5-7(13)3-6(9)4-10(2)8-14(11)12/h6-8,13H,3-5H2,1-2H3,(H,11,12)/t6-,7-/m0/s1. The molecular weight excluding hydrogens is 222 g/mol. The molecule has 3 atom stereocenters. The molecule has 1 aliphatic heterocycles. The molecule has 0 spiro atoms. The molecule has 1 saturated heterocycles. The Morgan fingerprint density at radius 2 is 2.43 bits per heavy atom. The Bertz CT molecular complexity index is 217. The monoisotopic (exact) mass is 239 g/mol. The summed E-state index contributed by atoms with van der Waals surface area (Å²) >= 11 is 2.44. The van der Waals surface area contributed by atoms with Crippen LogP contribution >= 0.6 is 12.6 Å². The number of nitrogens with zero attached hydrogens (tertiary/aromatic N) is 2. The lowest BCUT2D eigenvalue weighted by Gasteiger charge is -2.24. The number of likely N-dealkylation sites (N-methyl/N-ethyl adjacent to an activating group) is 2. The summed E-state index contributed by atoms with van der Waals surface area (Å²) in [6.45, 7) is 1.70. The number of hydrazine groups is 1. The maximum atomic E-state index is 10.5. The molecule has 0 bridgehead atoms. The van der Waals surface area contributed by atoms with Gasteiger partial charge in [-0.05, 0) is 13.5 Å². The predicted molar refractivity (Wildman–Crippen MR) is 60.3 cm³/mol. The summed E-state index contributed by atoms with van der Waals surface area (Å²) in [4.78, 5) is 4.63. The van der Waals surface area contributed by atoms with Gasteiger partial charge >= 0.3 is 0 Å². The van der Waals surface area contributed by atoms with Gasteiger partial charge in [0.1, 0.15) is 0 Å². The quantitative estimate of drug-likeness (QED) is 0.354. The zero-order valence-corrected chi connectivity index (χ0v) is 10.1. The Balaban J connectivity index is 2.33. The maximum Gasteiger partial charge on any atom is 0.246 e. The molecule has 5 nitrogen and oxygen atoms in total. The molecule has 1 fully saturated rings. The molecule has 0 radical (unpaired) electrons. The summed E-state index contributed by atoms with van der Waals surface area (Å²) in [5, 5.41) is 2.06. The van der Waals surface area contributed by atoms with Crippen LogP contribution < -0.4 is 4.83 Å². The van der Waals surface area contributed by atoms with Crippen molar-refractivity contribution in [3.05, 3.63) is 0 Å². The van der Waals surface area contributed by atoms with E-state index < -0.39 is 11.3 Å². The first-order valence-electron chi connectivity index (χ1n) is 4.45. The van der Waals surface area contributed by atoms with Gasteiger partial charge in [0.15, 0.2) is 0 Å². The summed E-state index contributed by atoms with van der Waals surface area (Å²) < 4.78 is 19.1. The van der Waals surface area contributed by atoms with Crippen molar-refractivity contribution in [2.45, 2.75) is 17.7 Å². The Labute approximate surface area is 92.6 Å². The molecule has 7 heteroatoms. The van der Waals surface area contributed by atoms with Gasteiger partial charge in [0.25, 0.3) is 0 Å². The number of hydrogen-bond acceptors (Lipinski definition) is 4. The molecule has 0 aromatic heterocycles. The van der Waals surface area contributed by atoms with Crippen LogP contribution in [0.5, 0.6) is 0 Å². The first kappa shape index (κ1) is 12.4. The van der Waals surface area contributed by atoms with Crippen LogP contribution in [0.1, 0.15) is 6.42 Å². The van der Waals surface area contributed by atoms with Crippen LogP contribution in [0, 0.1) is 0 Å². The first-order chi connectivity index (χ1) is 6.49. The minimum Gasteiger partial charge on any atom is -0.301 e. The van der Waals surface area contributed by atoms with Crippen LogP contribution in [-0.4, -0.2) is 57.1 Å². The lowest BCUT2D eigenvalue weighted by Crippen LogP contribution is -2.43. The first-order valence-corrected chi connectivity index (χ1v) is 6.08. The number of thiol groups is 1. The van der Waals surface area contributed by atoms with E-state index in [0.717, 1.165) is 19.5 Å². The van der Waals surface area contributed by atoms with Crippen molar-refractivity contribution in [2.24, 2.45) is 0 Å². The molecule has 0 aromatic carbocycles. The van der Waals surface area contributed by atoms with Gasteiger partial charge < -0.3 is 4.90 Å². The lowest BCUT2D eigenvalue weighted by molar-refractivity contribution is 0.201. The number of hydrogen-bond donors (Lipinski definition) is 3. The third-order valence-corrected chi connectivity index (χ3v) is 3.23. The Morgan fingerprint density at radius 3 is 2.86 bits per heavy atom. The molecule has 1 unspecified atom stereocenters. The molecular formula is C7H17N3O2S2. The van der Waals surface area contributed by atoms with Crippen LogP contribution in [0.2, 0.25) is 0 Å². The SMILES string of the molecule is CN(C[C@@H]1C[C@H](S)CN1C)NS(=O)O. The topological polar surface area (TPSA) is 55.8 Å². The molecule has 1 heterocycles. The van der Waals surface area contributed by atoms with E-state index in [-0.39, 0.29) is 0 Å². The average Bonchev–Trinajstić information content (AvgIpc) is 2.28. The van der Waals surface area contributed by atoms with Gasteiger partial charge in [0.2, 0.25) is 11.3 Å². The highest BCUT2D eigenvalue weighted by Crippen LogP contribution is 2.19. The highest BCUT2D eigenvalue weighted by Gasteiger charge is 2.28. The van der Waals surface area contributed by atoms with Crippen LogP contribution in [0.15, 0.2) is 0 Å². The predicted octanol–water partition coefficient (Wildman–Crippen LogP) is -0.438. The van der Waals surface area contributed by atoms with Crippen LogP contribution in [0.4, 0.5) is 0 Å². The van der Waals surface area contributed by atoms with E-state index in [4.69, 9.17) is 4.55 Å². The molecule has 14 heavy (non-hydrogen) atoms. The zero-order chi connectivity index (χ0) is 10.7. The van der Waals surface area contributed by atoms with Crippen LogP contribution in [0.25, 0.3) is 0 Å². The Hall–Kier alpha value is 0.340. The van der Waals surface area contributed by atoms with Gasteiger partial charge in [-0.25, -0.2) is 9.22 Å². The molecule has 2 N–H and O–H groups in total. The molecule has 84 valence electrons. The van der Waals surface area contributed by atoms with Gasteiger partial charge in [0, 0.05) is 31.4 Å². The second-order valence-electron chi connectivity index (χ2n) is 3.70. The van der Waals surface area contributed by atoms with Crippen molar-refractivity contribution >= 4 is 23.9 Å². The van der Waals surface area contributed by atoms with Crippen LogP contribution in [0.3, 0.4) is 0 Å². The van der Waals surface area contributed by atoms with Gasteiger partial charge in [-0.3, -0.25) is 4.55 Å². The Morgan fingerprint density at radius 1 is 1.79 bits per heavy atom. The summed E-state index contributed by atoms with van der Waals surface area (Å²) in [7, 11) is 3.80. The van der Waals surface area contributed by atoms with E-state index in [0.29, 0.717) is 11.3 Å². The Kier molecular flexibility index (Phi) is 4.81. The third kappa shape index (κ3) is 3.84. The molecule has 0 aromatic rings. The smallest absolute Gasteiger partial charge is 0.246 e. The largest absolute Gasteiger partial charge is 0.301 e. The molecule has 1 rings (SSSR count). The van der Waals surface area contributed by atoms with E-state index in [1.54, 1.807) is 12.1 Å². The fraction of sp³-hybridized carbons (Fsp3) is 1.00. The van der Waals surface area contributed by atoms with Crippen molar-refractivity contribution in [2.75, 3.05) is 27.2 Å². The normalized spacial score (nSPS) is 31.2. The van der Waals surface area contributed by atoms with Crippen molar-refractivity contribution in [1.29, 1.82) is 0 Å². The van der Waals surface area contributed by atoms with Crippen molar-refractivity contribution < 1.29 is 8.76 Å². The second kappa shape index (κ2) is 5.43. The highest BCUT2D eigenvalue weighted by atomic mass is 32.2. The fourth-order valence-corrected chi connectivity index (χ4v) is 2.59. The van der Waals surface area contributed by atoms with Gasteiger partial charge in [0.05, 0.1) is 0 Å². The molecule has 0 aliphatic carbocycles. The van der Waals surface area contributed by atoms with Crippen molar-refractivity contribution in [3.63, 3.8) is 0 Å². The van der Waals surface area contributed by atoms with Gasteiger partial charge in [-0.2, -0.15) is 12.6 Å². The van der Waals surface area contributed by atoms with Crippen molar-refractivity contribution in [3.8, 4) is 0 Å². The minimum absolute atomic E-state index is 0.401. The summed E-state index contributed by atoms with van der Waals surface area (Å²) in [6.07, 6.45) is 1.02. The van der Waals surface area contributed by atoms with Crippen molar-refractivity contribution in [1.82, 2.24) is 14.7 Å². The highest BCUT2D eigenvalue weighted by molar-refractivity contribution is 7.81. The second-order valence-corrected chi connectivity index (χ2v) is 5.12. The summed E-state index contributed by atoms with van der Waals surface area (Å²) in [5.41, 5.74) is 0. The van der Waals surface area contributed by atoms with Gasteiger partial charge in [-0.1, -0.05) is 0 Å². The number of likely N-dealkylation sites (tertiary alicyclic amines) is 1. The molecule has 1 aliphatic rings. The fourth-order valence-electron chi connectivity index (χ4n) is 1.75. The lowest BCUT2D eigenvalue weighted by atomic mass is 10.2. The zero-order valence-electron chi connectivity index (χ0n) is 8.38. The van der Waals surface area contributed by atoms with E-state index in [1.165, 1.54) is 0 Å². The molecule has 0 amide bonds. The van der Waals surface area contributed by atoms with E-state index in [2.05, 4.69) is 22.4 Å². The third-order valence-electron chi connectivity index (χ3n) is 2.38. The van der Waals surface area contributed by atoms with Gasteiger partial charge in [-0.15, -0.1) is 4.83 Å².